The van der Waals surface area contributed by atoms with E-state index >= 15 is 0 Å². The van der Waals surface area contributed by atoms with E-state index in [-0.39, 0.29) is 17.2 Å². The van der Waals surface area contributed by atoms with Gasteiger partial charge in [-0.1, -0.05) is 44.5 Å². The van der Waals surface area contributed by atoms with Gasteiger partial charge in [-0.2, -0.15) is 0 Å². The van der Waals surface area contributed by atoms with Crippen molar-refractivity contribution in [3.63, 3.8) is 0 Å². The summed E-state index contributed by atoms with van der Waals surface area (Å²) in [5, 5.41) is 19.3. The number of nitrogens with one attached hydrogen (secondary N) is 1. The van der Waals surface area contributed by atoms with Crippen LogP contribution < -0.4 is 0 Å². The third-order valence-corrected chi connectivity index (χ3v) is 8.88. The summed E-state index contributed by atoms with van der Waals surface area (Å²) in [6.07, 6.45) is 2.18. The predicted octanol–water partition coefficient (Wildman–Crippen LogP) is 4.71. The molecule has 2 fully saturated rings. The van der Waals surface area contributed by atoms with E-state index in [0.717, 1.165) is 6.26 Å². The highest BCUT2D eigenvalue weighted by Gasteiger charge is 2.56. The van der Waals surface area contributed by atoms with Crippen LogP contribution in [0.15, 0.2) is 41.3 Å². The van der Waals surface area contributed by atoms with Crippen molar-refractivity contribution in [3.8, 4) is 11.1 Å². The Morgan fingerprint density at radius 2 is 1.95 bits per heavy atom. The van der Waals surface area contributed by atoms with Gasteiger partial charge in [0.25, 0.3) is 0 Å². The van der Waals surface area contributed by atoms with Gasteiger partial charge in [0.2, 0.25) is 0 Å². The van der Waals surface area contributed by atoms with Gasteiger partial charge < -0.3 is 15.3 Å². The van der Waals surface area contributed by atoms with Gasteiger partial charge in [-0.25, -0.2) is 8.42 Å². The summed E-state index contributed by atoms with van der Waals surface area (Å²) in [5.74, 6) is -2.45. The van der Waals surface area contributed by atoms with Crippen LogP contribution in [0.1, 0.15) is 50.7 Å². The van der Waals surface area contributed by atoms with Crippen LogP contribution in [0.5, 0.6) is 0 Å². The zero-order chi connectivity index (χ0) is 28.2. The highest BCUT2D eigenvalue weighted by atomic mass is 35.5. The second kappa shape index (κ2) is 9.77. The maximum absolute atomic E-state index is 13.2. The topological polar surface area (TPSA) is 125 Å². The minimum absolute atomic E-state index is 0.108. The fourth-order valence-electron chi connectivity index (χ4n) is 5.74. The first kappa shape index (κ1) is 28.3. The fourth-order valence-corrected chi connectivity index (χ4v) is 6.69. The number of carboxylic acid groups (broad SMARTS) is 1. The Bertz CT molecular complexity index is 1430. The van der Waals surface area contributed by atoms with Crippen molar-refractivity contribution >= 4 is 39.1 Å². The normalized spacial score (nSPS) is 23.5. The van der Waals surface area contributed by atoms with Crippen LogP contribution in [0.4, 0.5) is 0 Å². The molecule has 4 rings (SSSR count). The van der Waals surface area contributed by atoms with Gasteiger partial charge in [-0.15, -0.1) is 0 Å². The first-order valence-corrected chi connectivity index (χ1v) is 14.7. The number of ether oxygens (including phenoxy) is 1. The summed E-state index contributed by atoms with van der Waals surface area (Å²) in [6.45, 7) is 8.08. The van der Waals surface area contributed by atoms with Gasteiger partial charge in [0.05, 0.1) is 10.6 Å². The zero-order valence-corrected chi connectivity index (χ0v) is 23.7. The van der Waals surface area contributed by atoms with E-state index in [0.29, 0.717) is 46.7 Å². The average molecular weight is 561 g/mol. The summed E-state index contributed by atoms with van der Waals surface area (Å²) >= 11 is 6.66. The number of carbonyl (C=O) groups excluding carboxylic acids is 1. The third-order valence-electron chi connectivity index (χ3n) is 7.45. The van der Waals surface area contributed by atoms with E-state index in [1.807, 2.05) is 32.6 Å². The van der Waals surface area contributed by atoms with Crippen LogP contribution in [0.2, 0.25) is 5.02 Å². The molecule has 0 aromatic heterocycles. The van der Waals surface area contributed by atoms with E-state index in [1.54, 1.807) is 30.3 Å². The number of rotatable bonds is 5. The van der Waals surface area contributed by atoms with E-state index in [2.05, 4.69) is 0 Å². The number of hydrogen-bond donors (Lipinski definition) is 2. The van der Waals surface area contributed by atoms with Gasteiger partial charge >= 0.3 is 11.9 Å². The van der Waals surface area contributed by atoms with Crippen LogP contribution in [-0.2, 0) is 24.2 Å². The zero-order valence-electron chi connectivity index (χ0n) is 22.2. The van der Waals surface area contributed by atoms with Gasteiger partial charge in [0.1, 0.15) is 12.0 Å². The lowest BCUT2D eigenvalue weighted by molar-refractivity contribution is -0.157. The van der Waals surface area contributed by atoms with Crippen LogP contribution in [0.25, 0.3) is 11.1 Å². The standard InChI is InChI=1S/C28H33ClN2O6S/c1-16-12-20(17-8-6-9-18(13-17)38(5,35)36)21(29)14-19(16)22-23(30)28(37-26(22)34)10-7-11-31(15-28)24(25(32)33)27(2,3)4/h6,8-9,12-14,22,24,30H,7,10-11,15H2,1-5H3,(H,32,33). The van der Waals surface area contributed by atoms with Crippen molar-refractivity contribution in [1.82, 2.24) is 4.90 Å². The second-order valence-corrected chi connectivity index (χ2v) is 13.9. The van der Waals surface area contributed by atoms with E-state index in [1.165, 1.54) is 6.07 Å². The highest BCUT2D eigenvalue weighted by Crippen LogP contribution is 2.44. The van der Waals surface area contributed by atoms with Crippen LogP contribution >= 0.6 is 11.6 Å². The second-order valence-electron chi connectivity index (χ2n) is 11.4. The first-order chi connectivity index (χ1) is 17.5. The largest absolute Gasteiger partial charge is 0.480 e. The third kappa shape index (κ3) is 5.11. The van der Waals surface area contributed by atoms with Gasteiger partial charge in [0, 0.05) is 23.4 Å². The molecule has 2 aromatic carbocycles. The van der Waals surface area contributed by atoms with Crippen molar-refractivity contribution in [2.75, 3.05) is 19.3 Å². The molecule has 204 valence electrons. The molecule has 8 nitrogen and oxygen atoms in total. The summed E-state index contributed by atoms with van der Waals surface area (Å²) in [5.41, 5.74) is 0.860. The fraction of sp³-hybridized carbons (Fsp3) is 0.464. The highest BCUT2D eigenvalue weighted by molar-refractivity contribution is 7.90. The smallest absolute Gasteiger partial charge is 0.321 e. The molecule has 3 atom stereocenters. The molecule has 0 aliphatic carbocycles. The van der Waals surface area contributed by atoms with Gasteiger partial charge in [0.15, 0.2) is 15.4 Å². The van der Waals surface area contributed by atoms with Crippen LogP contribution in [0, 0.1) is 17.7 Å². The lowest BCUT2D eigenvalue weighted by atomic mass is 9.78. The summed E-state index contributed by atoms with van der Waals surface area (Å²) in [7, 11) is -3.41. The molecule has 3 unspecified atom stereocenters. The van der Waals surface area contributed by atoms with Crippen molar-refractivity contribution < 1.29 is 27.9 Å². The molecule has 0 radical (unpaired) electrons. The lowest BCUT2D eigenvalue weighted by Crippen LogP contribution is -2.59. The molecule has 0 saturated carbocycles. The summed E-state index contributed by atoms with van der Waals surface area (Å²) in [6, 6.07) is 9.14. The molecular formula is C28H33ClN2O6S. The van der Waals surface area contributed by atoms with Crippen molar-refractivity contribution in [1.29, 1.82) is 5.41 Å². The molecule has 2 aliphatic rings. The molecule has 2 saturated heterocycles. The Balaban J connectivity index is 1.68. The number of benzene rings is 2. The van der Waals surface area contributed by atoms with Crippen LogP contribution in [-0.4, -0.2) is 67.1 Å². The maximum Gasteiger partial charge on any atom is 0.321 e. The number of carbonyl (C=O) groups is 2. The molecule has 38 heavy (non-hydrogen) atoms. The number of sulfone groups is 1. The monoisotopic (exact) mass is 560 g/mol. The molecule has 2 heterocycles. The molecule has 2 aromatic rings. The van der Waals surface area contributed by atoms with E-state index < -0.39 is 44.8 Å². The predicted molar refractivity (Wildman–Crippen MR) is 146 cm³/mol. The molecule has 0 bridgehead atoms. The number of carboxylic acids is 1. The number of hydrogen-bond acceptors (Lipinski definition) is 7. The Morgan fingerprint density at radius 3 is 2.55 bits per heavy atom. The Hall–Kier alpha value is -2.75. The Morgan fingerprint density at radius 1 is 1.26 bits per heavy atom. The number of nitrogens with zero attached hydrogens (tertiary/aromatic N) is 1. The molecular weight excluding hydrogens is 528 g/mol. The number of likely N-dealkylation sites (tertiary alicyclic amines) is 1. The minimum Gasteiger partial charge on any atom is -0.480 e. The molecule has 2 N–H and O–H groups in total. The minimum atomic E-state index is -3.41. The number of aliphatic carboxylic acids is 1. The summed E-state index contributed by atoms with van der Waals surface area (Å²) in [4.78, 5) is 27.4. The number of halogens is 1. The van der Waals surface area contributed by atoms with Crippen molar-refractivity contribution in [2.24, 2.45) is 5.41 Å². The molecule has 10 heteroatoms. The maximum atomic E-state index is 13.2. The Kier molecular flexibility index (Phi) is 7.27. The molecule has 1 spiro atoms. The van der Waals surface area contributed by atoms with Gasteiger partial charge in [-0.05, 0) is 72.7 Å². The number of piperidine rings is 1. The molecule has 0 amide bonds. The lowest BCUT2D eigenvalue weighted by Gasteiger charge is -2.45. The van der Waals surface area contributed by atoms with Gasteiger partial charge in [-0.3, -0.25) is 14.5 Å². The number of aryl methyl sites for hydroxylation is 1. The number of esters is 1. The van der Waals surface area contributed by atoms with Crippen LogP contribution in [0.3, 0.4) is 0 Å². The Labute approximate surface area is 228 Å². The van der Waals surface area contributed by atoms with Crippen molar-refractivity contribution in [2.45, 2.75) is 63.0 Å². The first-order valence-electron chi connectivity index (χ1n) is 12.4. The van der Waals surface area contributed by atoms with Crippen molar-refractivity contribution in [3.05, 3.63) is 52.5 Å². The quantitative estimate of drug-likeness (QED) is 0.507. The average Bonchev–Trinajstić information content (AvgIpc) is 3.02. The van der Waals surface area contributed by atoms with E-state index in [4.69, 9.17) is 21.7 Å². The van der Waals surface area contributed by atoms with E-state index in [9.17, 15) is 23.1 Å². The summed E-state index contributed by atoms with van der Waals surface area (Å²) < 4.78 is 30.0. The SMILES string of the molecule is Cc1cc(-c2cccc(S(C)(=O)=O)c2)c(Cl)cc1C1C(=N)C2(CCCN(C(C(=O)O)C(C)(C)C)C2)OC1=O. The molecule has 2 aliphatic heterocycles.